The Hall–Kier alpha value is -3.45. The van der Waals surface area contributed by atoms with E-state index < -0.39 is 0 Å². The van der Waals surface area contributed by atoms with Crippen molar-refractivity contribution >= 4 is 17.5 Å². The van der Waals surface area contributed by atoms with E-state index in [1.165, 1.54) is 12.4 Å². The van der Waals surface area contributed by atoms with E-state index in [1.54, 1.807) is 7.11 Å². The second-order valence-electron chi connectivity index (χ2n) is 5.61. The molecule has 1 amide bonds. The number of hydrogen-bond acceptors (Lipinski definition) is 6. The number of carbonyl (C=O) groups is 1. The van der Waals surface area contributed by atoms with Crippen molar-refractivity contribution < 1.29 is 14.3 Å². The highest BCUT2D eigenvalue weighted by molar-refractivity contribution is 5.93. The van der Waals surface area contributed by atoms with Gasteiger partial charge in [-0.3, -0.25) is 4.79 Å². The van der Waals surface area contributed by atoms with Crippen LogP contribution in [0.1, 0.15) is 10.4 Å². The molecule has 0 aliphatic carbocycles. The molecular formula is C20H20N4O3. The zero-order chi connectivity index (χ0) is 18.9. The molecule has 1 aromatic heterocycles. The van der Waals surface area contributed by atoms with Crippen molar-refractivity contribution in [3.05, 3.63) is 72.6 Å². The van der Waals surface area contributed by atoms with E-state index in [0.29, 0.717) is 24.7 Å². The molecule has 27 heavy (non-hydrogen) atoms. The maximum Gasteiger partial charge on any atom is 0.254 e. The molecule has 0 atom stereocenters. The summed E-state index contributed by atoms with van der Waals surface area (Å²) in [5, 5.41) is 5.80. The Labute approximate surface area is 157 Å². The van der Waals surface area contributed by atoms with E-state index in [-0.39, 0.29) is 5.91 Å². The molecule has 7 nitrogen and oxygen atoms in total. The number of aromatic nitrogens is 2. The first-order valence-corrected chi connectivity index (χ1v) is 8.44. The van der Waals surface area contributed by atoms with Gasteiger partial charge in [0.1, 0.15) is 11.5 Å². The molecule has 0 aliphatic heterocycles. The summed E-state index contributed by atoms with van der Waals surface area (Å²) in [6.07, 6.45) is 2.95. The molecule has 0 radical (unpaired) electrons. The van der Waals surface area contributed by atoms with E-state index >= 15 is 0 Å². The zero-order valence-electron chi connectivity index (χ0n) is 14.9. The summed E-state index contributed by atoms with van der Waals surface area (Å²) >= 11 is 0. The van der Waals surface area contributed by atoms with Crippen LogP contribution >= 0.6 is 0 Å². The van der Waals surface area contributed by atoms with Crippen molar-refractivity contribution in [1.29, 1.82) is 0 Å². The smallest absolute Gasteiger partial charge is 0.254 e. The van der Waals surface area contributed by atoms with Crippen molar-refractivity contribution in [2.24, 2.45) is 0 Å². The lowest BCUT2D eigenvalue weighted by molar-refractivity contribution is 0.0936. The van der Waals surface area contributed by atoms with Crippen LogP contribution in [0.5, 0.6) is 11.5 Å². The molecule has 3 rings (SSSR count). The Morgan fingerprint density at radius 2 is 1.63 bits per heavy atom. The summed E-state index contributed by atoms with van der Waals surface area (Å²) in [6, 6.07) is 17.0. The summed E-state index contributed by atoms with van der Waals surface area (Å²) in [5.74, 6) is 1.68. The van der Waals surface area contributed by atoms with Gasteiger partial charge in [0, 0.05) is 31.7 Å². The van der Waals surface area contributed by atoms with Crippen LogP contribution in [0.2, 0.25) is 0 Å². The monoisotopic (exact) mass is 364 g/mol. The molecular weight excluding hydrogens is 344 g/mol. The van der Waals surface area contributed by atoms with Crippen molar-refractivity contribution in [3.63, 3.8) is 0 Å². The molecule has 0 fully saturated rings. The number of hydrogen-bond donors (Lipinski definition) is 2. The van der Waals surface area contributed by atoms with E-state index in [0.717, 1.165) is 17.2 Å². The lowest BCUT2D eigenvalue weighted by Crippen LogP contribution is -2.27. The highest BCUT2D eigenvalue weighted by Gasteiger charge is 2.07. The third-order valence-electron chi connectivity index (χ3n) is 3.60. The number of rotatable bonds is 8. The molecule has 138 valence electrons. The molecule has 3 aromatic rings. The van der Waals surface area contributed by atoms with Gasteiger partial charge in [-0.1, -0.05) is 18.2 Å². The summed E-state index contributed by atoms with van der Waals surface area (Å²) in [7, 11) is 1.58. The molecule has 0 aliphatic rings. The fourth-order valence-electron chi connectivity index (χ4n) is 2.24. The van der Waals surface area contributed by atoms with Crippen LogP contribution in [0, 0.1) is 0 Å². The zero-order valence-corrected chi connectivity index (χ0v) is 14.9. The van der Waals surface area contributed by atoms with Crippen LogP contribution in [0.3, 0.4) is 0 Å². The molecule has 1 heterocycles. The Bertz CT molecular complexity index is 853. The molecule has 2 aromatic carbocycles. The Morgan fingerprint density at radius 1 is 0.963 bits per heavy atom. The standard InChI is InChI=1S/C20H20N4O3/c1-26-12-11-21-19(25)15-13-22-20(23-14-15)24-16-7-9-18(10-8-16)27-17-5-3-2-4-6-17/h2-10,13-14H,11-12H2,1H3,(H,21,25)(H,22,23,24). The van der Waals surface area contributed by atoms with Gasteiger partial charge in [-0.25, -0.2) is 9.97 Å². The van der Waals surface area contributed by atoms with Gasteiger partial charge in [-0.05, 0) is 36.4 Å². The number of methoxy groups -OCH3 is 1. The predicted molar refractivity (Wildman–Crippen MR) is 102 cm³/mol. The summed E-state index contributed by atoms with van der Waals surface area (Å²) in [6.45, 7) is 0.892. The van der Waals surface area contributed by atoms with Gasteiger partial charge in [0.2, 0.25) is 5.95 Å². The van der Waals surface area contributed by atoms with Crippen molar-refractivity contribution in [3.8, 4) is 11.5 Å². The van der Waals surface area contributed by atoms with Gasteiger partial charge in [0.25, 0.3) is 5.91 Å². The van der Waals surface area contributed by atoms with Crippen molar-refractivity contribution in [1.82, 2.24) is 15.3 Å². The predicted octanol–water partition coefficient (Wildman–Crippen LogP) is 3.39. The third-order valence-corrected chi connectivity index (χ3v) is 3.60. The number of nitrogens with one attached hydrogen (secondary N) is 2. The largest absolute Gasteiger partial charge is 0.457 e. The Kier molecular flexibility index (Phi) is 6.32. The van der Waals surface area contributed by atoms with Crippen LogP contribution in [0.15, 0.2) is 67.0 Å². The van der Waals surface area contributed by atoms with E-state index in [1.807, 2.05) is 54.6 Å². The van der Waals surface area contributed by atoms with Gasteiger partial charge in [0.05, 0.1) is 12.2 Å². The molecule has 0 saturated carbocycles. The fourth-order valence-corrected chi connectivity index (χ4v) is 2.24. The Balaban J connectivity index is 1.56. The average Bonchev–Trinajstić information content (AvgIpc) is 2.71. The van der Waals surface area contributed by atoms with Crippen LogP contribution in [-0.2, 0) is 4.74 Å². The van der Waals surface area contributed by atoms with Crippen LogP contribution in [0.25, 0.3) is 0 Å². The minimum absolute atomic E-state index is 0.235. The van der Waals surface area contributed by atoms with Crippen LogP contribution in [0.4, 0.5) is 11.6 Å². The molecule has 0 spiro atoms. The number of para-hydroxylation sites is 1. The number of nitrogens with zero attached hydrogens (tertiary/aromatic N) is 2. The highest BCUT2D eigenvalue weighted by Crippen LogP contribution is 2.23. The van der Waals surface area contributed by atoms with Gasteiger partial charge < -0.3 is 20.1 Å². The van der Waals surface area contributed by atoms with E-state index in [2.05, 4.69) is 20.6 Å². The van der Waals surface area contributed by atoms with Crippen molar-refractivity contribution in [2.45, 2.75) is 0 Å². The maximum absolute atomic E-state index is 11.9. The minimum Gasteiger partial charge on any atom is -0.457 e. The molecule has 0 saturated heterocycles. The maximum atomic E-state index is 11.9. The first kappa shape index (κ1) is 18.3. The summed E-state index contributed by atoms with van der Waals surface area (Å²) < 4.78 is 10.6. The topological polar surface area (TPSA) is 85.4 Å². The molecule has 0 unspecified atom stereocenters. The normalized spacial score (nSPS) is 10.3. The third kappa shape index (κ3) is 5.52. The molecule has 2 N–H and O–H groups in total. The lowest BCUT2D eigenvalue weighted by atomic mass is 10.3. The number of amides is 1. The highest BCUT2D eigenvalue weighted by atomic mass is 16.5. The first-order chi connectivity index (χ1) is 13.2. The van der Waals surface area contributed by atoms with Gasteiger partial charge in [0.15, 0.2) is 0 Å². The molecule has 0 bridgehead atoms. The van der Waals surface area contributed by atoms with E-state index in [9.17, 15) is 4.79 Å². The minimum atomic E-state index is -0.235. The lowest BCUT2D eigenvalue weighted by Gasteiger charge is -2.08. The number of anilines is 2. The SMILES string of the molecule is COCCNC(=O)c1cnc(Nc2ccc(Oc3ccccc3)cc2)nc1. The quantitative estimate of drug-likeness (QED) is 0.596. The van der Waals surface area contributed by atoms with Crippen LogP contribution in [-0.4, -0.2) is 36.1 Å². The number of benzene rings is 2. The summed E-state index contributed by atoms with van der Waals surface area (Å²) in [4.78, 5) is 20.2. The summed E-state index contributed by atoms with van der Waals surface area (Å²) in [5.41, 5.74) is 1.20. The Morgan fingerprint density at radius 3 is 2.30 bits per heavy atom. The average molecular weight is 364 g/mol. The molecule has 7 heteroatoms. The van der Waals surface area contributed by atoms with Gasteiger partial charge >= 0.3 is 0 Å². The fraction of sp³-hybridized carbons (Fsp3) is 0.150. The van der Waals surface area contributed by atoms with Crippen molar-refractivity contribution in [2.75, 3.05) is 25.6 Å². The van der Waals surface area contributed by atoms with Gasteiger partial charge in [-0.15, -0.1) is 0 Å². The number of ether oxygens (including phenoxy) is 2. The first-order valence-electron chi connectivity index (χ1n) is 8.44. The van der Waals surface area contributed by atoms with Gasteiger partial charge in [-0.2, -0.15) is 0 Å². The number of carbonyl (C=O) groups excluding carboxylic acids is 1. The van der Waals surface area contributed by atoms with Crippen LogP contribution < -0.4 is 15.4 Å². The second kappa shape index (κ2) is 9.30. The second-order valence-corrected chi connectivity index (χ2v) is 5.61. The van der Waals surface area contributed by atoms with E-state index in [4.69, 9.17) is 9.47 Å².